The molecule has 0 spiro atoms. The van der Waals surface area contributed by atoms with Crippen LogP contribution in [0.1, 0.15) is 25.3 Å². The van der Waals surface area contributed by atoms with Crippen molar-refractivity contribution in [1.29, 1.82) is 0 Å². The molecule has 0 amide bonds. The quantitative estimate of drug-likeness (QED) is 0.732. The minimum absolute atomic E-state index is 0.0957. The van der Waals surface area contributed by atoms with Gasteiger partial charge in [0.2, 0.25) is 0 Å². The third-order valence-corrected chi connectivity index (χ3v) is 6.11. The van der Waals surface area contributed by atoms with Gasteiger partial charge >= 0.3 is 0 Å². The summed E-state index contributed by atoms with van der Waals surface area (Å²) >= 11 is 6.41. The van der Waals surface area contributed by atoms with Gasteiger partial charge in [-0.15, -0.1) is 11.6 Å². The molecule has 136 valence electrons. The van der Waals surface area contributed by atoms with Gasteiger partial charge in [0.25, 0.3) is 0 Å². The molecule has 3 rings (SSSR count). The zero-order valence-corrected chi connectivity index (χ0v) is 15.4. The molecule has 2 aromatic rings. The molecule has 0 aliphatic heterocycles. The van der Waals surface area contributed by atoms with Crippen LogP contribution in [0.5, 0.6) is 0 Å². The summed E-state index contributed by atoms with van der Waals surface area (Å²) in [6.45, 7) is 3.42. The largest absolute Gasteiger partial charge is 0.387 e. The van der Waals surface area contributed by atoms with E-state index in [0.29, 0.717) is 25.6 Å². The molecule has 0 bridgehead atoms. The average molecular weight is 364 g/mol. The fraction of sp³-hybridized carbons (Fsp3) is 0.579. The molecule has 3 atom stereocenters. The Balaban J connectivity index is 1.91. The van der Waals surface area contributed by atoms with E-state index in [1.807, 2.05) is 25.1 Å². The molecule has 1 aliphatic rings. The zero-order valence-electron chi connectivity index (χ0n) is 14.6. The summed E-state index contributed by atoms with van der Waals surface area (Å²) in [5, 5.41) is 16.1. The van der Waals surface area contributed by atoms with Gasteiger partial charge in [0.15, 0.2) is 0 Å². The monoisotopic (exact) mass is 363 g/mol. The SMILES string of the molecule is CCOCC1(CCl)CCC(Cc2ccccc2)C1(O)Cn1cncn1. The summed E-state index contributed by atoms with van der Waals surface area (Å²) < 4.78 is 7.44. The maximum atomic E-state index is 11.9. The topological polar surface area (TPSA) is 60.2 Å². The lowest BCUT2D eigenvalue weighted by molar-refractivity contribution is -0.124. The highest BCUT2D eigenvalue weighted by atomic mass is 35.5. The lowest BCUT2D eigenvalue weighted by Crippen LogP contribution is -2.55. The van der Waals surface area contributed by atoms with Gasteiger partial charge in [-0.3, -0.25) is 4.68 Å². The number of alkyl halides is 1. The number of nitrogens with zero attached hydrogens (tertiary/aromatic N) is 3. The summed E-state index contributed by atoms with van der Waals surface area (Å²) in [6, 6.07) is 10.3. The molecule has 1 aromatic heterocycles. The van der Waals surface area contributed by atoms with E-state index in [0.717, 1.165) is 19.3 Å². The smallest absolute Gasteiger partial charge is 0.137 e. The molecular formula is C19H26ClN3O2. The predicted octanol–water partition coefficient (Wildman–Crippen LogP) is 2.92. The second-order valence-corrected chi connectivity index (χ2v) is 7.26. The summed E-state index contributed by atoms with van der Waals surface area (Å²) in [7, 11) is 0. The first-order chi connectivity index (χ1) is 12.1. The van der Waals surface area contributed by atoms with Crippen LogP contribution >= 0.6 is 11.6 Å². The van der Waals surface area contributed by atoms with Crippen molar-refractivity contribution >= 4 is 11.6 Å². The summed E-state index contributed by atoms with van der Waals surface area (Å²) in [6.07, 6.45) is 5.72. The zero-order chi connectivity index (χ0) is 17.8. The average Bonchev–Trinajstić information content (AvgIpc) is 3.22. The highest BCUT2D eigenvalue weighted by Crippen LogP contribution is 2.53. The van der Waals surface area contributed by atoms with Crippen molar-refractivity contribution in [3.8, 4) is 0 Å². The molecule has 1 aliphatic carbocycles. The number of ether oxygens (including phenoxy) is 1. The number of benzene rings is 1. The van der Waals surface area contributed by atoms with E-state index in [-0.39, 0.29) is 5.92 Å². The van der Waals surface area contributed by atoms with Gasteiger partial charge in [-0.1, -0.05) is 30.3 Å². The van der Waals surface area contributed by atoms with Crippen molar-refractivity contribution in [3.63, 3.8) is 0 Å². The summed E-state index contributed by atoms with van der Waals surface area (Å²) in [5.41, 5.74) is -0.241. The van der Waals surface area contributed by atoms with E-state index in [9.17, 15) is 5.11 Å². The Morgan fingerprint density at radius 3 is 2.80 bits per heavy atom. The highest BCUT2D eigenvalue weighted by Gasteiger charge is 2.59. The third-order valence-electron chi connectivity index (χ3n) is 5.60. The van der Waals surface area contributed by atoms with Crippen LogP contribution in [-0.2, 0) is 17.7 Å². The number of aromatic nitrogens is 3. The van der Waals surface area contributed by atoms with E-state index in [1.54, 1.807) is 11.0 Å². The Morgan fingerprint density at radius 1 is 1.36 bits per heavy atom. The molecule has 1 aromatic carbocycles. The highest BCUT2D eigenvalue weighted by molar-refractivity contribution is 6.18. The molecule has 1 saturated carbocycles. The maximum Gasteiger partial charge on any atom is 0.137 e. The fourth-order valence-electron chi connectivity index (χ4n) is 4.08. The molecule has 1 fully saturated rings. The molecule has 1 heterocycles. The van der Waals surface area contributed by atoms with Gasteiger partial charge < -0.3 is 9.84 Å². The first kappa shape index (κ1) is 18.4. The first-order valence-electron chi connectivity index (χ1n) is 8.86. The van der Waals surface area contributed by atoms with Crippen LogP contribution in [0, 0.1) is 11.3 Å². The number of rotatable bonds is 8. The van der Waals surface area contributed by atoms with Crippen LogP contribution in [-0.4, -0.2) is 44.6 Å². The number of hydrogen-bond donors (Lipinski definition) is 1. The molecule has 0 saturated heterocycles. The molecule has 5 nitrogen and oxygen atoms in total. The normalized spacial score (nSPS) is 29.2. The second-order valence-electron chi connectivity index (χ2n) is 6.99. The Morgan fingerprint density at radius 2 is 2.16 bits per heavy atom. The molecule has 6 heteroatoms. The maximum absolute atomic E-state index is 11.9. The lowest BCUT2D eigenvalue weighted by Gasteiger charge is -2.44. The van der Waals surface area contributed by atoms with Crippen molar-refractivity contribution in [2.45, 2.75) is 38.3 Å². The fourth-order valence-corrected chi connectivity index (χ4v) is 4.52. The van der Waals surface area contributed by atoms with Crippen LogP contribution < -0.4 is 0 Å². The second kappa shape index (κ2) is 7.85. The van der Waals surface area contributed by atoms with E-state index in [2.05, 4.69) is 22.2 Å². The van der Waals surface area contributed by atoms with Crippen LogP contribution in [0.2, 0.25) is 0 Å². The van der Waals surface area contributed by atoms with E-state index >= 15 is 0 Å². The standard InChI is InChI=1S/C19H26ClN3O2/c1-2-25-13-18(11-20)9-8-17(10-16-6-4-3-5-7-16)19(18,24)12-23-15-21-14-22-23/h3-7,14-15,17,24H,2,8-13H2,1H3. The van der Waals surface area contributed by atoms with Crippen LogP contribution in [0.15, 0.2) is 43.0 Å². The van der Waals surface area contributed by atoms with Crippen molar-refractivity contribution in [2.24, 2.45) is 11.3 Å². The lowest BCUT2D eigenvalue weighted by atomic mass is 9.71. The van der Waals surface area contributed by atoms with Gasteiger partial charge in [0.1, 0.15) is 12.7 Å². The molecule has 1 N–H and O–H groups in total. The molecule has 25 heavy (non-hydrogen) atoms. The molecular weight excluding hydrogens is 338 g/mol. The Kier molecular flexibility index (Phi) is 5.77. The van der Waals surface area contributed by atoms with Crippen LogP contribution in [0.25, 0.3) is 0 Å². The Hall–Kier alpha value is -1.43. The van der Waals surface area contributed by atoms with Crippen molar-refractivity contribution < 1.29 is 9.84 Å². The van der Waals surface area contributed by atoms with Gasteiger partial charge in [-0.05, 0) is 37.7 Å². The van der Waals surface area contributed by atoms with E-state index in [4.69, 9.17) is 16.3 Å². The number of halogens is 1. The van der Waals surface area contributed by atoms with Gasteiger partial charge in [0, 0.05) is 17.9 Å². The first-order valence-corrected chi connectivity index (χ1v) is 9.39. The summed E-state index contributed by atoms with van der Waals surface area (Å²) in [5.74, 6) is 0.460. The Bertz CT molecular complexity index is 652. The van der Waals surface area contributed by atoms with Crippen LogP contribution in [0.4, 0.5) is 0 Å². The van der Waals surface area contributed by atoms with Gasteiger partial charge in [-0.2, -0.15) is 5.10 Å². The van der Waals surface area contributed by atoms with Crippen molar-refractivity contribution in [3.05, 3.63) is 48.5 Å². The number of aliphatic hydroxyl groups is 1. The van der Waals surface area contributed by atoms with Gasteiger partial charge in [0.05, 0.1) is 18.8 Å². The molecule has 0 radical (unpaired) electrons. The van der Waals surface area contributed by atoms with Gasteiger partial charge in [-0.25, -0.2) is 4.98 Å². The predicted molar refractivity (Wildman–Crippen MR) is 97.5 cm³/mol. The van der Waals surface area contributed by atoms with E-state index < -0.39 is 11.0 Å². The minimum atomic E-state index is -0.993. The number of hydrogen-bond acceptors (Lipinski definition) is 4. The summed E-state index contributed by atoms with van der Waals surface area (Å²) in [4.78, 5) is 4.02. The third kappa shape index (κ3) is 3.59. The van der Waals surface area contributed by atoms with Crippen molar-refractivity contribution in [2.75, 3.05) is 19.1 Å². The Labute approximate surface area is 154 Å². The van der Waals surface area contributed by atoms with Crippen molar-refractivity contribution in [1.82, 2.24) is 14.8 Å². The van der Waals surface area contributed by atoms with E-state index in [1.165, 1.54) is 11.9 Å². The minimum Gasteiger partial charge on any atom is -0.387 e. The van der Waals surface area contributed by atoms with Crippen LogP contribution in [0.3, 0.4) is 0 Å². The molecule has 3 unspecified atom stereocenters.